The molecule has 0 bridgehead atoms. The molecule has 2 aliphatic rings. The van der Waals surface area contributed by atoms with Crippen LogP contribution in [0.2, 0.25) is 0 Å². The summed E-state index contributed by atoms with van der Waals surface area (Å²) in [5.74, 6) is -1.24. The maximum Gasteiger partial charge on any atom is 0.408 e. The lowest BCUT2D eigenvalue weighted by atomic mass is 9.88. The summed E-state index contributed by atoms with van der Waals surface area (Å²) in [6.45, 7) is 8.02. The summed E-state index contributed by atoms with van der Waals surface area (Å²) in [5, 5.41) is 5.45. The number of ether oxygens (including phenoxy) is 2. The highest BCUT2D eigenvalue weighted by molar-refractivity contribution is 7.89. The number of sulfonamides is 1. The lowest BCUT2D eigenvalue weighted by Crippen LogP contribution is -2.64. The van der Waals surface area contributed by atoms with Crippen LogP contribution >= 0.6 is 0 Å². The lowest BCUT2D eigenvalue weighted by molar-refractivity contribution is -0.135. The molecule has 0 spiro atoms. The van der Waals surface area contributed by atoms with Gasteiger partial charge in [0.2, 0.25) is 21.8 Å². The molecule has 2 fully saturated rings. The second kappa shape index (κ2) is 13.6. The van der Waals surface area contributed by atoms with E-state index in [1.54, 1.807) is 45.0 Å². The van der Waals surface area contributed by atoms with Crippen LogP contribution in [0.25, 0.3) is 11.1 Å². The smallest absolute Gasteiger partial charge is 0.408 e. The maximum atomic E-state index is 13.5. The first-order valence-corrected chi connectivity index (χ1v) is 16.2. The van der Waals surface area contributed by atoms with Crippen LogP contribution < -0.4 is 16.4 Å². The van der Waals surface area contributed by atoms with Crippen molar-refractivity contribution in [3.05, 3.63) is 54.1 Å². The number of carbonyl (C=O) groups is 3. The SMILES string of the molecule is CN1CCN(S(=O)(=O)c2ccc(-c3ccc(C[C@H](NC(=O)C4(NC(=O)OC(C)(C)C)CCOCC4)C(N)=O)cc3)cc2)CC1. The second-order valence-corrected chi connectivity index (χ2v) is 14.3. The van der Waals surface area contributed by atoms with Crippen molar-refractivity contribution in [1.29, 1.82) is 0 Å². The van der Waals surface area contributed by atoms with Crippen molar-refractivity contribution in [3.8, 4) is 11.1 Å². The van der Waals surface area contributed by atoms with Crippen LogP contribution in [0.5, 0.6) is 0 Å². The summed E-state index contributed by atoms with van der Waals surface area (Å²) >= 11 is 0. The van der Waals surface area contributed by atoms with Crippen molar-refractivity contribution in [2.24, 2.45) is 5.73 Å². The first-order valence-electron chi connectivity index (χ1n) is 14.8. The van der Waals surface area contributed by atoms with Crippen LogP contribution in [0, 0.1) is 0 Å². The van der Waals surface area contributed by atoms with Gasteiger partial charge in [-0.15, -0.1) is 0 Å². The zero-order chi connectivity index (χ0) is 32.1. The molecule has 2 aliphatic heterocycles. The van der Waals surface area contributed by atoms with Crippen LogP contribution in [0.15, 0.2) is 53.4 Å². The minimum atomic E-state index is -3.56. The number of rotatable bonds is 9. The Bertz CT molecular complexity index is 1430. The Morgan fingerprint density at radius 2 is 1.50 bits per heavy atom. The van der Waals surface area contributed by atoms with E-state index in [4.69, 9.17) is 15.2 Å². The molecule has 13 heteroatoms. The van der Waals surface area contributed by atoms with Gasteiger partial charge in [-0.25, -0.2) is 13.2 Å². The summed E-state index contributed by atoms with van der Waals surface area (Å²) in [4.78, 5) is 40.8. The molecule has 0 aromatic heterocycles. The summed E-state index contributed by atoms with van der Waals surface area (Å²) < 4.78 is 38.4. The van der Waals surface area contributed by atoms with Crippen molar-refractivity contribution >= 4 is 27.9 Å². The maximum absolute atomic E-state index is 13.5. The highest BCUT2D eigenvalue weighted by Gasteiger charge is 2.43. The van der Waals surface area contributed by atoms with Gasteiger partial charge in [0.15, 0.2) is 0 Å². The van der Waals surface area contributed by atoms with Crippen molar-refractivity contribution in [2.75, 3.05) is 46.4 Å². The van der Waals surface area contributed by atoms with E-state index in [1.807, 2.05) is 31.3 Å². The Morgan fingerprint density at radius 1 is 0.955 bits per heavy atom. The topological polar surface area (TPSA) is 160 Å². The number of benzene rings is 2. The third-order valence-electron chi connectivity index (χ3n) is 7.85. The predicted molar refractivity (Wildman–Crippen MR) is 165 cm³/mol. The van der Waals surface area contributed by atoms with Gasteiger partial charge in [0, 0.05) is 58.7 Å². The molecule has 0 unspecified atom stereocenters. The highest BCUT2D eigenvalue weighted by Crippen LogP contribution is 2.25. The number of nitrogens with one attached hydrogen (secondary N) is 2. The molecule has 3 amide bonds. The number of nitrogens with two attached hydrogens (primary N) is 1. The van der Waals surface area contributed by atoms with Gasteiger partial charge in [0.1, 0.15) is 17.2 Å². The van der Waals surface area contributed by atoms with E-state index >= 15 is 0 Å². The molecule has 4 N–H and O–H groups in total. The fraction of sp³-hybridized carbons (Fsp3) is 0.516. The largest absolute Gasteiger partial charge is 0.444 e. The fourth-order valence-electron chi connectivity index (χ4n) is 5.21. The number of primary amides is 1. The predicted octanol–water partition coefficient (Wildman–Crippen LogP) is 1.88. The number of nitrogens with zero attached hydrogens (tertiary/aromatic N) is 2. The van der Waals surface area contributed by atoms with Gasteiger partial charge in [-0.2, -0.15) is 4.31 Å². The first-order chi connectivity index (χ1) is 20.7. The van der Waals surface area contributed by atoms with Gasteiger partial charge in [0.05, 0.1) is 4.90 Å². The molecule has 240 valence electrons. The zero-order valence-electron chi connectivity index (χ0n) is 25.8. The minimum absolute atomic E-state index is 0.141. The van der Waals surface area contributed by atoms with E-state index < -0.39 is 45.1 Å². The van der Waals surface area contributed by atoms with E-state index in [9.17, 15) is 22.8 Å². The summed E-state index contributed by atoms with van der Waals surface area (Å²) in [6, 6.07) is 13.1. The van der Waals surface area contributed by atoms with E-state index in [2.05, 4.69) is 15.5 Å². The number of piperazine rings is 1. The monoisotopic (exact) mass is 629 g/mol. The van der Waals surface area contributed by atoms with Gasteiger partial charge in [-0.3, -0.25) is 9.59 Å². The molecule has 0 radical (unpaired) electrons. The average Bonchev–Trinajstić information content (AvgIpc) is 2.97. The number of hydrogen-bond acceptors (Lipinski definition) is 8. The standard InChI is InChI=1S/C31H43N5O7S/c1-30(2,3)43-29(39)34-31(13-19-42-20-14-31)28(38)33-26(27(32)37)21-22-5-7-23(8-6-22)24-9-11-25(12-10-24)44(40,41)36-17-15-35(4)16-18-36/h5-12,26H,13-21H2,1-4H3,(H2,32,37)(H,33,38)(H,34,39)/t26-/m0/s1. The molecule has 2 aromatic carbocycles. The molecule has 44 heavy (non-hydrogen) atoms. The van der Waals surface area contributed by atoms with E-state index in [-0.39, 0.29) is 37.4 Å². The van der Waals surface area contributed by atoms with Gasteiger partial charge in [0.25, 0.3) is 0 Å². The fourth-order valence-corrected chi connectivity index (χ4v) is 6.63. The first kappa shape index (κ1) is 33.4. The molecular weight excluding hydrogens is 586 g/mol. The third kappa shape index (κ3) is 8.35. The molecular formula is C31H43N5O7S. The number of carbonyl (C=O) groups excluding carboxylic acids is 3. The van der Waals surface area contributed by atoms with Crippen molar-refractivity contribution < 1.29 is 32.3 Å². The van der Waals surface area contributed by atoms with Crippen molar-refractivity contribution in [1.82, 2.24) is 19.8 Å². The molecule has 4 rings (SSSR count). The van der Waals surface area contributed by atoms with E-state index in [1.165, 1.54) is 4.31 Å². The molecule has 2 saturated heterocycles. The lowest BCUT2D eigenvalue weighted by Gasteiger charge is -2.37. The Balaban J connectivity index is 1.42. The second-order valence-electron chi connectivity index (χ2n) is 12.4. The number of likely N-dealkylation sites (N-methyl/N-ethyl adjacent to an activating group) is 1. The van der Waals surface area contributed by atoms with Crippen LogP contribution in [-0.2, 0) is 35.5 Å². The Hall–Kier alpha value is -3.52. The Morgan fingerprint density at radius 3 is 2.02 bits per heavy atom. The Labute approximate surface area is 259 Å². The molecule has 12 nitrogen and oxygen atoms in total. The quantitative estimate of drug-likeness (QED) is 0.379. The van der Waals surface area contributed by atoms with Gasteiger partial charge in [-0.05, 0) is 56.6 Å². The van der Waals surface area contributed by atoms with Gasteiger partial charge in [-0.1, -0.05) is 36.4 Å². The summed E-state index contributed by atoms with van der Waals surface area (Å²) in [5.41, 5.74) is 6.08. The van der Waals surface area contributed by atoms with Crippen LogP contribution in [0.4, 0.5) is 4.79 Å². The number of amides is 3. The zero-order valence-corrected chi connectivity index (χ0v) is 26.6. The van der Waals surface area contributed by atoms with Crippen molar-refractivity contribution in [2.45, 2.75) is 62.1 Å². The summed E-state index contributed by atoms with van der Waals surface area (Å²) in [6.07, 6.45) is -0.157. The van der Waals surface area contributed by atoms with Crippen molar-refractivity contribution in [3.63, 3.8) is 0 Å². The molecule has 0 saturated carbocycles. The highest BCUT2D eigenvalue weighted by atomic mass is 32.2. The molecule has 0 aliphatic carbocycles. The van der Waals surface area contributed by atoms with Gasteiger partial charge < -0.3 is 30.7 Å². The summed E-state index contributed by atoms with van der Waals surface area (Å²) in [7, 11) is -1.58. The molecule has 1 atom stereocenters. The van der Waals surface area contributed by atoms with Crippen LogP contribution in [0.1, 0.15) is 39.2 Å². The number of hydrogen-bond donors (Lipinski definition) is 3. The van der Waals surface area contributed by atoms with E-state index in [0.29, 0.717) is 26.2 Å². The van der Waals surface area contributed by atoms with Crippen LogP contribution in [0.3, 0.4) is 0 Å². The minimum Gasteiger partial charge on any atom is -0.444 e. The number of alkyl carbamates (subject to hydrolysis) is 1. The van der Waals surface area contributed by atoms with Gasteiger partial charge >= 0.3 is 6.09 Å². The molecule has 2 heterocycles. The Kier molecular flexibility index (Phi) is 10.3. The van der Waals surface area contributed by atoms with E-state index in [0.717, 1.165) is 16.7 Å². The van der Waals surface area contributed by atoms with Crippen LogP contribution in [-0.4, -0.2) is 99.2 Å². The third-order valence-corrected chi connectivity index (χ3v) is 9.76. The molecule has 2 aromatic rings. The normalized spacial score (nSPS) is 18.6. The average molecular weight is 630 g/mol.